The standard InChI is InChI=1S/C12H6/c1-3-7-11(8-4-1)12-9-5-2-6-10-12/h1,3,5,7,9-10H. The zero-order chi connectivity index (χ0) is 8.23. The van der Waals surface area contributed by atoms with Gasteiger partial charge in [0.1, 0.15) is 0 Å². The fraction of sp³-hybridized carbons (Fsp3) is 0. The van der Waals surface area contributed by atoms with Gasteiger partial charge in [0, 0.05) is 0 Å². The van der Waals surface area contributed by atoms with Crippen molar-refractivity contribution in [2.45, 2.75) is 0 Å². The summed E-state index contributed by atoms with van der Waals surface area (Å²) in [7, 11) is 0. The molecule has 2 aromatic rings. The second-order valence-electron chi connectivity index (χ2n) is 2.43. The summed E-state index contributed by atoms with van der Waals surface area (Å²) in [6.45, 7) is 0. The van der Waals surface area contributed by atoms with Gasteiger partial charge in [-0.05, 0) is 41.5 Å². The van der Waals surface area contributed by atoms with Gasteiger partial charge in [-0.3, -0.25) is 0 Å². The Morgan fingerprint density at radius 3 is 2.58 bits per heavy atom. The molecule has 2 aromatic carbocycles. The molecule has 12 heavy (non-hydrogen) atoms. The van der Waals surface area contributed by atoms with E-state index < -0.39 is 0 Å². The van der Waals surface area contributed by atoms with Crippen LogP contribution in [0.15, 0.2) is 36.4 Å². The monoisotopic (exact) mass is 150 g/mol. The van der Waals surface area contributed by atoms with Crippen LogP contribution in [0.3, 0.4) is 0 Å². The summed E-state index contributed by atoms with van der Waals surface area (Å²) in [6, 6.07) is 23.2. The zero-order valence-corrected chi connectivity index (χ0v) is 6.46. The lowest BCUT2D eigenvalue weighted by Crippen LogP contribution is -1.75. The van der Waals surface area contributed by atoms with Crippen LogP contribution in [-0.4, -0.2) is 0 Å². The van der Waals surface area contributed by atoms with Crippen LogP contribution in [0.5, 0.6) is 0 Å². The van der Waals surface area contributed by atoms with Crippen LogP contribution in [0.1, 0.15) is 0 Å². The normalized spacial score (nSPS) is 9.67. The Hall–Kier alpha value is -1.56. The van der Waals surface area contributed by atoms with E-state index in [0.29, 0.717) is 0 Å². The summed E-state index contributed by atoms with van der Waals surface area (Å²) in [4.78, 5) is 0. The van der Waals surface area contributed by atoms with Crippen molar-refractivity contribution in [1.29, 1.82) is 0 Å². The van der Waals surface area contributed by atoms with E-state index in [1.54, 1.807) is 0 Å². The van der Waals surface area contributed by atoms with Crippen LogP contribution >= 0.6 is 0 Å². The Morgan fingerprint density at radius 2 is 1.92 bits per heavy atom. The molecule has 0 unspecified atom stereocenters. The average Bonchev–Trinajstić information content (AvgIpc) is 2.21. The molecule has 0 spiro atoms. The number of rotatable bonds is 1. The summed E-state index contributed by atoms with van der Waals surface area (Å²) in [6.07, 6.45) is 0. The third-order valence-corrected chi connectivity index (χ3v) is 1.62. The van der Waals surface area contributed by atoms with E-state index in [2.05, 4.69) is 24.3 Å². The largest absolute Gasteiger partial charge is 0.0610 e. The molecule has 0 aliphatic heterocycles. The van der Waals surface area contributed by atoms with E-state index in [1.807, 2.05) is 36.4 Å². The second kappa shape index (κ2) is 3.22. The summed E-state index contributed by atoms with van der Waals surface area (Å²) in [5.41, 5.74) is 2.15. The van der Waals surface area contributed by atoms with Crippen LogP contribution in [0.25, 0.3) is 11.1 Å². The zero-order valence-electron chi connectivity index (χ0n) is 6.46. The van der Waals surface area contributed by atoms with E-state index in [4.69, 9.17) is 0 Å². The van der Waals surface area contributed by atoms with Gasteiger partial charge in [0.25, 0.3) is 0 Å². The molecule has 0 nitrogen and oxygen atoms in total. The van der Waals surface area contributed by atoms with Gasteiger partial charge in [-0.1, -0.05) is 30.3 Å². The average molecular weight is 150 g/mol. The topological polar surface area (TPSA) is 0 Å². The smallest absolute Gasteiger partial charge is 0.00141 e. The molecule has 4 radical (unpaired) electrons. The first kappa shape index (κ1) is 7.11. The third kappa shape index (κ3) is 1.37. The first-order valence-electron chi connectivity index (χ1n) is 3.73. The molecule has 0 heteroatoms. The molecule has 0 atom stereocenters. The van der Waals surface area contributed by atoms with Crippen LogP contribution in [0.2, 0.25) is 0 Å². The molecule has 0 aromatic heterocycles. The Morgan fingerprint density at radius 1 is 0.917 bits per heavy atom. The maximum atomic E-state index is 3.03. The van der Waals surface area contributed by atoms with Crippen LogP contribution in [0.4, 0.5) is 0 Å². The third-order valence-electron chi connectivity index (χ3n) is 1.62. The Balaban J connectivity index is 2.46. The second-order valence-corrected chi connectivity index (χ2v) is 2.43. The van der Waals surface area contributed by atoms with Crippen molar-refractivity contribution in [2.24, 2.45) is 0 Å². The highest BCUT2D eigenvalue weighted by molar-refractivity contribution is 5.61. The minimum Gasteiger partial charge on any atom is -0.0610 e. The van der Waals surface area contributed by atoms with Crippen molar-refractivity contribution in [3.8, 4) is 11.1 Å². The molecule has 0 N–H and O–H groups in total. The lowest BCUT2D eigenvalue weighted by atomic mass is 10.1. The first-order valence-corrected chi connectivity index (χ1v) is 3.73. The highest BCUT2D eigenvalue weighted by Gasteiger charge is 1.93. The van der Waals surface area contributed by atoms with Crippen LogP contribution < -0.4 is 0 Å². The van der Waals surface area contributed by atoms with Crippen molar-refractivity contribution in [2.75, 3.05) is 0 Å². The van der Waals surface area contributed by atoms with E-state index in [0.717, 1.165) is 11.1 Å². The molecule has 2 rings (SSSR count). The van der Waals surface area contributed by atoms with Gasteiger partial charge in [-0.25, -0.2) is 0 Å². The van der Waals surface area contributed by atoms with Crippen molar-refractivity contribution in [3.63, 3.8) is 0 Å². The van der Waals surface area contributed by atoms with Crippen molar-refractivity contribution < 1.29 is 0 Å². The molecule has 54 valence electrons. The van der Waals surface area contributed by atoms with Gasteiger partial charge in [0.2, 0.25) is 0 Å². The van der Waals surface area contributed by atoms with E-state index in [-0.39, 0.29) is 0 Å². The molecule has 0 aliphatic rings. The van der Waals surface area contributed by atoms with E-state index in [9.17, 15) is 0 Å². The highest BCUT2D eigenvalue weighted by Crippen LogP contribution is 2.15. The van der Waals surface area contributed by atoms with Gasteiger partial charge >= 0.3 is 0 Å². The fourth-order valence-electron chi connectivity index (χ4n) is 1.04. The molecule has 0 saturated heterocycles. The lowest BCUT2D eigenvalue weighted by molar-refractivity contribution is 1.59. The van der Waals surface area contributed by atoms with Crippen LogP contribution in [0, 0.1) is 24.3 Å². The van der Waals surface area contributed by atoms with Gasteiger partial charge < -0.3 is 0 Å². The van der Waals surface area contributed by atoms with Crippen molar-refractivity contribution >= 4 is 0 Å². The van der Waals surface area contributed by atoms with Gasteiger partial charge in [-0.15, -0.1) is 0 Å². The number of hydrogen-bond donors (Lipinski definition) is 0. The predicted octanol–water partition coefficient (Wildman–Crippen LogP) is 2.55. The number of benzene rings is 2. The summed E-state index contributed by atoms with van der Waals surface area (Å²) in [5, 5.41) is 0. The Labute approximate surface area is 72.5 Å². The maximum absolute atomic E-state index is 3.03. The Kier molecular flexibility index (Phi) is 1.91. The molecule has 0 fully saturated rings. The van der Waals surface area contributed by atoms with Gasteiger partial charge in [-0.2, -0.15) is 0 Å². The van der Waals surface area contributed by atoms with Crippen molar-refractivity contribution in [3.05, 3.63) is 60.7 Å². The summed E-state index contributed by atoms with van der Waals surface area (Å²) >= 11 is 0. The minimum absolute atomic E-state index is 1.04. The minimum atomic E-state index is 1.04. The lowest BCUT2D eigenvalue weighted by Gasteiger charge is -1.97. The first-order chi connectivity index (χ1) is 5.97. The van der Waals surface area contributed by atoms with E-state index in [1.165, 1.54) is 0 Å². The molecule has 0 heterocycles. The fourth-order valence-corrected chi connectivity index (χ4v) is 1.04. The number of hydrogen-bond acceptors (Lipinski definition) is 0. The predicted molar refractivity (Wildman–Crippen MR) is 47.2 cm³/mol. The molecular formula is C12H6. The molecule has 0 saturated carbocycles. The SMILES string of the molecule is [c]1[c]c(-c2c[c][c]cc2)ccc1. The van der Waals surface area contributed by atoms with Crippen molar-refractivity contribution in [1.82, 2.24) is 0 Å². The molecule has 0 amide bonds. The van der Waals surface area contributed by atoms with Crippen LogP contribution in [-0.2, 0) is 0 Å². The van der Waals surface area contributed by atoms with Gasteiger partial charge in [0.15, 0.2) is 0 Å². The maximum Gasteiger partial charge on any atom is -0.00141 e. The van der Waals surface area contributed by atoms with E-state index >= 15 is 0 Å². The Bertz CT molecular complexity index is 297. The molecular weight excluding hydrogens is 144 g/mol. The molecule has 0 bridgehead atoms. The summed E-state index contributed by atoms with van der Waals surface area (Å²) < 4.78 is 0. The molecule has 0 aliphatic carbocycles. The highest BCUT2D eigenvalue weighted by atomic mass is 14.0. The quantitative estimate of drug-likeness (QED) is 0.586. The summed E-state index contributed by atoms with van der Waals surface area (Å²) in [5.74, 6) is 0. The van der Waals surface area contributed by atoms with Gasteiger partial charge in [0.05, 0.1) is 0 Å².